The van der Waals surface area contributed by atoms with Crippen LogP contribution in [0.25, 0.3) is 22.1 Å². The Balaban J connectivity index is 0.000000963. The fourth-order valence-corrected chi connectivity index (χ4v) is 1.59. The van der Waals surface area contributed by atoms with Gasteiger partial charge in [-0.3, -0.25) is 4.98 Å². The van der Waals surface area contributed by atoms with Crippen LogP contribution in [0.5, 0.6) is 0 Å². The molecule has 0 saturated heterocycles. The van der Waals surface area contributed by atoms with Crippen molar-refractivity contribution in [3.8, 4) is 0 Å². The van der Waals surface area contributed by atoms with Crippen LogP contribution in [0.3, 0.4) is 0 Å². The van der Waals surface area contributed by atoms with Gasteiger partial charge in [0.25, 0.3) is 0 Å². The predicted molar refractivity (Wildman–Crippen MR) is 60.3 cm³/mol. The van der Waals surface area contributed by atoms with Gasteiger partial charge in [0.2, 0.25) is 0 Å². The van der Waals surface area contributed by atoms with E-state index >= 15 is 0 Å². The third-order valence-corrected chi connectivity index (χ3v) is 2.33. The van der Waals surface area contributed by atoms with Gasteiger partial charge in [-0.25, -0.2) is 0 Å². The van der Waals surface area contributed by atoms with E-state index in [1.54, 1.807) is 12.1 Å². The van der Waals surface area contributed by atoms with Crippen LogP contribution in [0.4, 0.5) is 5.69 Å². The average Bonchev–Trinajstić information content (AvgIpc) is 2.27. The molecule has 3 rings (SSSR count). The second kappa shape index (κ2) is 4.13. The first-order valence-corrected chi connectivity index (χ1v) is 4.67. The van der Waals surface area contributed by atoms with Crippen molar-refractivity contribution in [2.24, 2.45) is 0 Å². The first-order chi connectivity index (χ1) is 7.34. The first kappa shape index (κ1) is 10.9. The molecule has 0 saturated carbocycles. The SMILES string of the molecule is Nc1cc[c-]c2nc3ccccc3nc12.[Li+]. The number of nitrogens with two attached hydrogens (primary N) is 1. The van der Waals surface area contributed by atoms with E-state index in [4.69, 9.17) is 5.73 Å². The van der Waals surface area contributed by atoms with Gasteiger partial charge in [0.05, 0.1) is 11.0 Å². The number of nitrogens with zero attached hydrogens (tertiary/aromatic N) is 2. The van der Waals surface area contributed by atoms with Crippen LogP contribution in [-0.4, -0.2) is 9.97 Å². The first-order valence-electron chi connectivity index (χ1n) is 4.67. The molecule has 0 radical (unpaired) electrons. The zero-order chi connectivity index (χ0) is 10.3. The third-order valence-electron chi connectivity index (χ3n) is 2.33. The van der Waals surface area contributed by atoms with E-state index in [2.05, 4.69) is 16.0 Å². The molecule has 0 aliphatic heterocycles. The molecule has 4 heteroatoms. The number of nitrogen functional groups attached to an aromatic ring is 1. The number of para-hydroxylation sites is 2. The molecule has 0 aliphatic rings. The van der Waals surface area contributed by atoms with Crippen molar-refractivity contribution in [2.75, 3.05) is 5.73 Å². The minimum Gasteiger partial charge on any atom is -0.417 e. The maximum atomic E-state index is 5.82. The topological polar surface area (TPSA) is 51.8 Å². The van der Waals surface area contributed by atoms with Crippen LogP contribution in [-0.2, 0) is 0 Å². The Labute approximate surface area is 105 Å². The maximum Gasteiger partial charge on any atom is 1.00 e. The van der Waals surface area contributed by atoms with Gasteiger partial charge in [0.15, 0.2) is 0 Å². The molecular weight excluding hydrogens is 193 g/mol. The van der Waals surface area contributed by atoms with E-state index in [0.29, 0.717) is 11.2 Å². The Morgan fingerprint density at radius 2 is 1.69 bits per heavy atom. The molecule has 3 aromatic rings. The van der Waals surface area contributed by atoms with Crippen LogP contribution >= 0.6 is 0 Å². The molecule has 0 bridgehead atoms. The van der Waals surface area contributed by atoms with Crippen LogP contribution in [0.1, 0.15) is 0 Å². The molecule has 16 heavy (non-hydrogen) atoms. The number of fused-ring (bicyclic) bond motifs is 2. The van der Waals surface area contributed by atoms with Gasteiger partial charge in [-0.1, -0.05) is 17.8 Å². The van der Waals surface area contributed by atoms with Gasteiger partial charge in [0.1, 0.15) is 0 Å². The molecule has 1 aromatic heterocycles. The summed E-state index contributed by atoms with van der Waals surface area (Å²) in [6, 6.07) is 14.3. The van der Waals surface area contributed by atoms with Gasteiger partial charge < -0.3 is 10.7 Å². The van der Waals surface area contributed by atoms with Crippen molar-refractivity contribution >= 4 is 27.8 Å². The minimum absolute atomic E-state index is 0. The molecule has 3 nitrogen and oxygen atoms in total. The second-order valence-corrected chi connectivity index (χ2v) is 3.34. The molecule has 0 amide bonds. The molecule has 0 fully saturated rings. The Morgan fingerprint density at radius 3 is 2.44 bits per heavy atom. The maximum absolute atomic E-state index is 5.82. The van der Waals surface area contributed by atoms with E-state index < -0.39 is 0 Å². The number of anilines is 1. The summed E-state index contributed by atoms with van der Waals surface area (Å²) in [5.41, 5.74) is 9.63. The van der Waals surface area contributed by atoms with Gasteiger partial charge in [-0.2, -0.15) is 12.1 Å². The summed E-state index contributed by atoms with van der Waals surface area (Å²) in [6.45, 7) is 0. The van der Waals surface area contributed by atoms with Crippen LogP contribution in [0.15, 0.2) is 36.4 Å². The number of hydrogen-bond acceptors (Lipinski definition) is 3. The van der Waals surface area contributed by atoms with Crippen molar-refractivity contribution in [2.45, 2.75) is 0 Å². The largest absolute Gasteiger partial charge is 1.00 e. The van der Waals surface area contributed by atoms with Gasteiger partial charge >= 0.3 is 18.9 Å². The number of rotatable bonds is 0. The smallest absolute Gasteiger partial charge is 0.417 e. The van der Waals surface area contributed by atoms with Crippen LogP contribution in [0.2, 0.25) is 0 Å². The Morgan fingerprint density at radius 1 is 1.00 bits per heavy atom. The van der Waals surface area contributed by atoms with Crippen molar-refractivity contribution in [3.05, 3.63) is 42.5 Å². The Kier molecular flexibility index (Phi) is 2.82. The van der Waals surface area contributed by atoms with E-state index in [9.17, 15) is 0 Å². The monoisotopic (exact) mass is 201 g/mol. The minimum atomic E-state index is 0. The zero-order valence-corrected chi connectivity index (χ0v) is 8.94. The number of benzene rings is 2. The van der Waals surface area contributed by atoms with Crippen molar-refractivity contribution < 1.29 is 18.9 Å². The summed E-state index contributed by atoms with van der Waals surface area (Å²) in [7, 11) is 0. The van der Waals surface area contributed by atoms with Crippen molar-refractivity contribution in [1.82, 2.24) is 9.97 Å². The molecule has 1 heterocycles. The molecule has 2 N–H and O–H groups in total. The molecule has 0 atom stereocenters. The van der Waals surface area contributed by atoms with E-state index in [1.807, 2.05) is 24.3 Å². The summed E-state index contributed by atoms with van der Waals surface area (Å²) in [5.74, 6) is 0. The molecule has 72 valence electrons. The predicted octanol–water partition coefficient (Wildman–Crippen LogP) is -0.831. The molecule has 0 unspecified atom stereocenters. The van der Waals surface area contributed by atoms with Crippen LogP contribution < -0.4 is 24.6 Å². The molecular formula is C12H8LiN3. The van der Waals surface area contributed by atoms with E-state index in [0.717, 1.165) is 16.6 Å². The van der Waals surface area contributed by atoms with E-state index in [1.165, 1.54) is 0 Å². The Bertz CT molecular complexity index is 652. The third kappa shape index (κ3) is 1.65. The Hall–Kier alpha value is -1.56. The number of hydrogen-bond donors (Lipinski definition) is 1. The van der Waals surface area contributed by atoms with Crippen LogP contribution in [0, 0.1) is 6.07 Å². The molecule has 2 aromatic carbocycles. The standard InChI is InChI=1S/C12H8N3.Li/c13-8-4-3-7-11-12(8)15-10-6-2-1-5-9(10)14-11;/h1-6H,13H2;/q-1;+1. The normalized spacial score (nSPS) is 10.2. The summed E-state index contributed by atoms with van der Waals surface area (Å²) >= 11 is 0. The molecule has 0 spiro atoms. The fraction of sp³-hybridized carbons (Fsp3) is 0. The summed E-state index contributed by atoms with van der Waals surface area (Å²) in [4.78, 5) is 8.90. The quantitative estimate of drug-likeness (QED) is 0.223. The van der Waals surface area contributed by atoms with Gasteiger partial charge in [-0.15, -0.1) is 6.07 Å². The van der Waals surface area contributed by atoms with Crippen molar-refractivity contribution in [3.63, 3.8) is 0 Å². The molecule has 0 aliphatic carbocycles. The van der Waals surface area contributed by atoms with Gasteiger partial charge in [-0.05, 0) is 17.6 Å². The van der Waals surface area contributed by atoms with E-state index in [-0.39, 0.29) is 18.9 Å². The summed E-state index contributed by atoms with van der Waals surface area (Å²) < 4.78 is 0. The summed E-state index contributed by atoms with van der Waals surface area (Å²) in [5, 5.41) is 0. The zero-order valence-electron chi connectivity index (χ0n) is 8.94. The fourth-order valence-electron chi connectivity index (χ4n) is 1.59. The number of aromatic nitrogens is 2. The van der Waals surface area contributed by atoms with Crippen molar-refractivity contribution in [1.29, 1.82) is 0 Å². The second-order valence-electron chi connectivity index (χ2n) is 3.34. The summed E-state index contributed by atoms with van der Waals surface area (Å²) in [6.07, 6.45) is 0. The average molecular weight is 201 g/mol. The van der Waals surface area contributed by atoms with Gasteiger partial charge in [0, 0.05) is 5.52 Å².